The van der Waals surface area contributed by atoms with Gasteiger partial charge in [-0.1, -0.05) is 6.58 Å². The molecule has 4 heteroatoms. The fraction of sp³-hybridized carbons (Fsp3) is 0.667. The van der Waals surface area contributed by atoms with Gasteiger partial charge in [0, 0.05) is 13.2 Å². The van der Waals surface area contributed by atoms with Crippen molar-refractivity contribution < 1.29 is 13.6 Å². The Morgan fingerprint density at radius 3 is 2.38 bits per heavy atom. The normalized spacial score (nSPS) is 13.0. The molecule has 76 valence electrons. The first-order chi connectivity index (χ1) is 5.97. The van der Waals surface area contributed by atoms with Crippen molar-refractivity contribution in [2.75, 3.05) is 7.11 Å². The van der Waals surface area contributed by atoms with Crippen molar-refractivity contribution in [2.24, 2.45) is 0 Å². The number of rotatable bonds is 6. The molecule has 0 amide bonds. The number of carbonyl (C=O) groups excluding carboxylic acids is 1. The first kappa shape index (κ1) is 12.5. The van der Waals surface area contributed by atoms with E-state index >= 15 is 0 Å². The van der Waals surface area contributed by atoms with Crippen molar-refractivity contribution in [1.82, 2.24) is 0 Å². The number of allylic oxidation sites excluding steroid dienone is 1. The second-order valence-corrected chi connectivity index (χ2v) is 5.27. The van der Waals surface area contributed by atoms with Gasteiger partial charge in [0.15, 0.2) is 5.78 Å². The summed E-state index contributed by atoms with van der Waals surface area (Å²) in [5.41, 5.74) is 0.571. The average Bonchev–Trinajstić information content (AvgIpc) is 2.02. The first-order valence-electron chi connectivity index (χ1n) is 4.34. The summed E-state index contributed by atoms with van der Waals surface area (Å²) in [5, 5.41) is 0. The molecule has 0 heterocycles. The molecule has 1 unspecified atom stereocenters. The Kier molecular flexibility index (Phi) is 5.86. The minimum Gasteiger partial charge on any atom is -0.400 e. The molecular formula is C9H18O3Si. The molecule has 0 saturated carbocycles. The van der Waals surface area contributed by atoms with Gasteiger partial charge in [-0.2, -0.15) is 0 Å². The molecule has 0 fully saturated rings. The molecule has 0 aromatic heterocycles. The highest BCUT2D eigenvalue weighted by molar-refractivity contribution is 6.50. The zero-order valence-electron chi connectivity index (χ0n) is 8.79. The van der Waals surface area contributed by atoms with Gasteiger partial charge in [0.25, 0.3) is 0 Å². The van der Waals surface area contributed by atoms with Crippen LogP contribution in [0.5, 0.6) is 0 Å². The van der Waals surface area contributed by atoms with Crippen LogP contribution >= 0.6 is 0 Å². The average molecular weight is 202 g/mol. The Bertz CT molecular complexity index is 189. The van der Waals surface area contributed by atoms with Crippen molar-refractivity contribution in [3.63, 3.8) is 0 Å². The maximum Gasteiger partial charge on any atom is 0.329 e. The first-order valence-corrected chi connectivity index (χ1v) is 6.10. The van der Waals surface area contributed by atoms with Gasteiger partial charge < -0.3 is 8.85 Å². The summed E-state index contributed by atoms with van der Waals surface area (Å²) in [6, 6.07) is 0.379. The standard InChI is InChI=1S/C9H18O3Si/c1-7(2)9(10)6-13(11-5)12-8(3)4/h8,13H,1,6H2,2-5H3. The predicted octanol–water partition coefficient (Wildman–Crippen LogP) is 1.42. The van der Waals surface area contributed by atoms with Gasteiger partial charge in [0.2, 0.25) is 0 Å². The summed E-state index contributed by atoms with van der Waals surface area (Å²) in [6.07, 6.45) is 0.120. The fourth-order valence-electron chi connectivity index (χ4n) is 0.816. The summed E-state index contributed by atoms with van der Waals surface area (Å²) in [5.74, 6) is 0.0409. The van der Waals surface area contributed by atoms with E-state index in [1.54, 1.807) is 14.0 Å². The van der Waals surface area contributed by atoms with Crippen LogP contribution in [0.25, 0.3) is 0 Å². The van der Waals surface area contributed by atoms with Crippen molar-refractivity contribution in [3.05, 3.63) is 12.2 Å². The Morgan fingerprint density at radius 2 is 2.08 bits per heavy atom. The molecule has 3 nitrogen and oxygen atoms in total. The van der Waals surface area contributed by atoms with Crippen LogP contribution in [0.1, 0.15) is 20.8 Å². The van der Waals surface area contributed by atoms with Gasteiger partial charge in [-0.25, -0.2) is 0 Å². The van der Waals surface area contributed by atoms with Gasteiger partial charge in [-0.05, 0) is 26.3 Å². The van der Waals surface area contributed by atoms with Crippen molar-refractivity contribution >= 4 is 15.1 Å². The lowest BCUT2D eigenvalue weighted by molar-refractivity contribution is -0.113. The van der Waals surface area contributed by atoms with E-state index in [1.165, 1.54) is 0 Å². The van der Waals surface area contributed by atoms with E-state index in [9.17, 15) is 4.79 Å². The molecule has 0 bridgehead atoms. The van der Waals surface area contributed by atoms with Gasteiger partial charge in [0.1, 0.15) is 0 Å². The maximum absolute atomic E-state index is 11.3. The smallest absolute Gasteiger partial charge is 0.329 e. The van der Waals surface area contributed by atoms with E-state index < -0.39 is 9.28 Å². The van der Waals surface area contributed by atoms with Gasteiger partial charge in [-0.15, -0.1) is 0 Å². The molecule has 0 aromatic rings. The number of Topliss-reactive ketones (excluding diaryl/α,β-unsaturated/α-hetero) is 1. The Hall–Kier alpha value is -0.453. The number of carbonyl (C=O) groups is 1. The highest BCUT2D eigenvalue weighted by Crippen LogP contribution is 2.05. The van der Waals surface area contributed by atoms with E-state index in [0.717, 1.165) is 0 Å². The van der Waals surface area contributed by atoms with Crippen LogP contribution in [0.3, 0.4) is 0 Å². The highest BCUT2D eigenvalue weighted by Gasteiger charge is 2.18. The monoisotopic (exact) mass is 202 g/mol. The Morgan fingerprint density at radius 1 is 1.54 bits per heavy atom. The molecule has 0 spiro atoms. The number of ketones is 1. The van der Waals surface area contributed by atoms with Crippen LogP contribution in [0.4, 0.5) is 0 Å². The molecule has 0 aromatic carbocycles. The molecule has 0 aliphatic rings. The molecule has 1 atom stereocenters. The summed E-state index contributed by atoms with van der Waals surface area (Å²) in [7, 11) is -0.207. The van der Waals surface area contributed by atoms with Crippen molar-refractivity contribution in [2.45, 2.75) is 32.9 Å². The third-order valence-corrected chi connectivity index (χ3v) is 3.59. The topological polar surface area (TPSA) is 35.5 Å². The SMILES string of the molecule is C=C(C)C(=O)C[SiH](OC)OC(C)C. The van der Waals surface area contributed by atoms with Crippen molar-refractivity contribution in [3.8, 4) is 0 Å². The second kappa shape index (κ2) is 6.07. The van der Waals surface area contributed by atoms with Gasteiger partial charge in [-0.3, -0.25) is 4.79 Å². The summed E-state index contributed by atoms with van der Waals surface area (Å²) < 4.78 is 10.6. The van der Waals surface area contributed by atoms with Crippen LogP contribution in [0, 0.1) is 0 Å². The quantitative estimate of drug-likeness (QED) is 0.483. The molecule has 0 saturated heterocycles. The minimum absolute atomic E-state index is 0.0409. The number of hydrogen-bond acceptors (Lipinski definition) is 3. The molecule has 0 aliphatic carbocycles. The predicted molar refractivity (Wildman–Crippen MR) is 55.0 cm³/mol. The Balaban J connectivity index is 3.97. The zero-order chi connectivity index (χ0) is 10.4. The zero-order valence-corrected chi connectivity index (χ0v) is 9.95. The van der Waals surface area contributed by atoms with Crippen LogP contribution in [0.15, 0.2) is 12.2 Å². The molecule has 0 N–H and O–H groups in total. The summed E-state index contributed by atoms with van der Waals surface area (Å²) >= 11 is 0. The Labute approximate surface area is 81.6 Å². The van der Waals surface area contributed by atoms with Gasteiger partial charge >= 0.3 is 9.28 Å². The third-order valence-electron chi connectivity index (χ3n) is 1.51. The largest absolute Gasteiger partial charge is 0.400 e. The van der Waals surface area contributed by atoms with Crippen LogP contribution in [0.2, 0.25) is 6.04 Å². The van der Waals surface area contributed by atoms with Crippen molar-refractivity contribution in [1.29, 1.82) is 0 Å². The molecule has 13 heavy (non-hydrogen) atoms. The lowest BCUT2D eigenvalue weighted by atomic mass is 10.2. The maximum atomic E-state index is 11.3. The van der Waals surface area contributed by atoms with E-state index in [1.807, 2.05) is 13.8 Å². The third kappa shape index (κ3) is 5.73. The van der Waals surface area contributed by atoms with E-state index in [2.05, 4.69) is 6.58 Å². The van der Waals surface area contributed by atoms with Crippen LogP contribution in [-0.4, -0.2) is 28.3 Å². The molecular weight excluding hydrogens is 184 g/mol. The lowest BCUT2D eigenvalue weighted by Crippen LogP contribution is -2.27. The molecule has 0 rings (SSSR count). The van der Waals surface area contributed by atoms with Crippen LogP contribution < -0.4 is 0 Å². The lowest BCUT2D eigenvalue weighted by Gasteiger charge is -2.16. The van der Waals surface area contributed by atoms with E-state index in [0.29, 0.717) is 11.6 Å². The fourth-order valence-corrected chi connectivity index (χ4v) is 2.45. The van der Waals surface area contributed by atoms with Gasteiger partial charge in [0.05, 0.1) is 6.04 Å². The second-order valence-electron chi connectivity index (χ2n) is 3.26. The van der Waals surface area contributed by atoms with Crippen LogP contribution in [-0.2, 0) is 13.6 Å². The summed E-state index contributed by atoms with van der Waals surface area (Å²) in [6.45, 7) is 9.16. The van der Waals surface area contributed by atoms with E-state index in [-0.39, 0.29) is 11.9 Å². The summed E-state index contributed by atoms with van der Waals surface area (Å²) in [4.78, 5) is 11.3. The minimum atomic E-state index is -1.80. The molecule has 0 aliphatic heterocycles. The highest BCUT2D eigenvalue weighted by atomic mass is 28.3. The number of hydrogen-bond donors (Lipinski definition) is 0. The molecule has 0 radical (unpaired) electrons. The van der Waals surface area contributed by atoms with E-state index in [4.69, 9.17) is 8.85 Å².